The third-order valence-electron chi connectivity index (χ3n) is 5.87. The van der Waals surface area contributed by atoms with Gasteiger partial charge < -0.3 is 4.74 Å². The number of hydrogen-bond donors (Lipinski definition) is 0. The minimum absolute atomic E-state index is 0.0355. The molecule has 0 aromatic heterocycles. The maximum absolute atomic E-state index is 11.6. The summed E-state index contributed by atoms with van der Waals surface area (Å²) in [7, 11) is 0. The summed E-state index contributed by atoms with van der Waals surface area (Å²) >= 11 is 0. The average molecular weight is 222 g/mol. The first-order valence-corrected chi connectivity index (χ1v) is 6.61. The monoisotopic (exact) mass is 222 g/mol. The van der Waals surface area contributed by atoms with E-state index in [4.69, 9.17) is 4.74 Å². The van der Waals surface area contributed by atoms with Crippen molar-refractivity contribution >= 4 is 5.97 Å². The van der Waals surface area contributed by atoms with Gasteiger partial charge in [0.15, 0.2) is 0 Å². The van der Waals surface area contributed by atoms with Crippen molar-refractivity contribution in [2.45, 2.75) is 65.4 Å². The Morgan fingerprint density at radius 2 is 1.94 bits per heavy atom. The van der Waals surface area contributed by atoms with Gasteiger partial charge in [0.1, 0.15) is 6.10 Å². The Labute approximate surface area is 97.7 Å². The predicted molar refractivity (Wildman–Crippen MR) is 61.9 cm³/mol. The van der Waals surface area contributed by atoms with Crippen LogP contribution in [0.2, 0.25) is 0 Å². The van der Waals surface area contributed by atoms with E-state index < -0.39 is 0 Å². The van der Waals surface area contributed by atoms with E-state index >= 15 is 0 Å². The van der Waals surface area contributed by atoms with Crippen LogP contribution in [-0.4, -0.2) is 12.1 Å². The molecule has 2 nitrogen and oxygen atoms in total. The number of rotatable bonds is 0. The summed E-state index contributed by atoms with van der Waals surface area (Å²) in [5, 5.41) is 0. The highest BCUT2D eigenvalue weighted by Crippen LogP contribution is 2.75. The lowest BCUT2D eigenvalue weighted by atomic mass is 9.52. The molecule has 3 aliphatic rings. The first kappa shape index (κ1) is 10.6. The number of carbonyl (C=O) groups excluding carboxylic acids is 1. The van der Waals surface area contributed by atoms with E-state index in [0.717, 1.165) is 12.8 Å². The first-order chi connectivity index (χ1) is 7.41. The molecule has 0 aromatic rings. The molecule has 90 valence electrons. The maximum atomic E-state index is 11.6. The fourth-order valence-corrected chi connectivity index (χ4v) is 4.85. The van der Waals surface area contributed by atoms with Crippen LogP contribution in [0.3, 0.4) is 0 Å². The Morgan fingerprint density at radius 3 is 2.69 bits per heavy atom. The van der Waals surface area contributed by atoms with Gasteiger partial charge in [-0.3, -0.25) is 4.79 Å². The summed E-state index contributed by atoms with van der Waals surface area (Å²) in [4.78, 5) is 11.6. The molecule has 1 spiro atoms. The van der Waals surface area contributed by atoms with Gasteiger partial charge in [-0.15, -0.1) is 0 Å². The molecule has 1 aliphatic heterocycles. The number of esters is 1. The third kappa shape index (κ3) is 1.06. The normalized spacial score (nSPS) is 49.7. The summed E-state index contributed by atoms with van der Waals surface area (Å²) in [6, 6.07) is 0. The van der Waals surface area contributed by atoms with Gasteiger partial charge in [0.25, 0.3) is 0 Å². The zero-order chi connectivity index (χ0) is 11.6. The van der Waals surface area contributed by atoms with Crippen molar-refractivity contribution < 1.29 is 9.53 Å². The molecule has 3 unspecified atom stereocenters. The largest absolute Gasteiger partial charge is 0.462 e. The van der Waals surface area contributed by atoms with Gasteiger partial charge in [-0.1, -0.05) is 27.2 Å². The summed E-state index contributed by atoms with van der Waals surface area (Å²) in [6.07, 6.45) is 6.88. The molecule has 0 bridgehead atoms. The Hall–Kier alpha value is -0.530. The summed E-state index contributed by atoms with van der Waals surface area (Å²) in [5.74, 6) is 0.0355. The first-order valence-electron chi connectivity index (χ1n) is 6.61. The van der Waals surface area contributed by atoms with Gasteiger partial charge in [-0.25, -0.2) is 0 Å². The van der Waals surface area contributed by atoms with Crippen LogP contribution in [0.5, 0.6) is 0 Å². The fourth-order valence-electron chi connectivity index (χ4n) is 4.85. The van der Waals surface area contributed by atoms with Crippen molar-refractivity contribution in [3.05, 3.63) is 0 Å². The van der Waals surface area contributed by atoms with Crippen LogP contribution >= 0.6 is 0 Å². The van der Waals surface area contributed by atoms with Crippen LogP contribution in [0.4, 0.5) is 0 Å². The minimum atomic E-state index is 0.0355. The lowest BCUT2D eigenvalue weighted by molar-refractivity contribution is -0.146. The van der Waals surface area contributed by atoms with Crippen molar-refractivity contribution in [3.8, 4) is 0 Å². The Morgan fingerprint density at radius 1 is 1.19 bits per heavy atom. The Kier molecular flexibility index (Phi) is 1.88. The second-order valence-electron chi connectivity index (χ2n) is 6.95. The van der Waals surface area contributed by atoms with Crippen molar-refractivity contribution in [2.75, 3.05) is 0 Å². The highest BCUT2D eigenvalue weighted by molar-refractivity contribution is 5.70. The molecule has 0 radical (unpaired) electrons. The standard InChI is InChI=1S/C14H22O2/c1-12(2)6-4-7-13(3)8-5-11(15)16-10-9-14(10,12)13/h10H,4-9H2,1-3H3. The van der Waals surface area contributed by atoms with Crippen molar-refractivity contribution in [3.63, 3.8) is 0 Å². The summed E-state index contributed by atoms with van der Waals surface area (Å²) in [5.41, 5.74) is 0.977. The second-order valence-corrected chi connectivity index (χ2v) is 6.95. The number of carbonyl (C=O) groups is 1. The molecule has 0 N–H and O–H groups in total. The van der Waals surface area contributed by atoms with Gasteiger partial charge in [0.2, 0.25) is 0 Å². The lowest BCUT2D eigenvalue weighted by Crippen LogP contribution is -2.45. The molecule has 0 aromatic carbocycles. The summed E-state index contributed by atoms with van der Waals surface area (Å²) in [6.45, 7) is 7.16. The molecule has 1 heterocycles. The van der Waals surface area contributed by atoms with E-state index in [0.29, 0.717) is 22.7 Å². The Bertz CT molecular complexity index is 347. The smallest absolute Gasteiger partial charge is 0.306 e. The van der Waals surface area contributed by atoms with Gasteiger partial charge >= 0.3 is 5.97 Å². The van der Waals surface area contributed by atoms with Crippen LogP contribution in [-0.2, 0) is 9.53 Å². The van der Waals surface area contributed by atoms with E-state index in [9.17, 15) is 4.79 Å². The van der Waals surface area contributed by atoms with E-state index in [1.54, 1.807) is 0 Å². The van der Waals surface area contributed by atoms with Crippen LogP contribution < -0.4 is 0 Å². The van der Waals surface area contributed by atoms with Crippen molar-refractivity contribution in [1.82, 2.24) is 0 Å². The molecule has 3 rings (SSSR count). The number of hydrogen-bond acceptors (Lipinski definition) is 2. The molecular formula is C14H22O2. The summed E-state index contributed by atoms with van der Waals surface area (Å²) < 4.78 is 5.61. The van der Waals surface area contributed by atoms with Crippen LogP contribution in [0.1, 0.15) is 59.3 Å². The molecule has 0 amide bonds. The van der Waals surface area contributed by atoms with Gasteiger partial charge in [-0.05, 0) is 36.5 Å². The molecule has 3 atom stereocenters. The Balaban J connectivity index is 2.03. The van der Waals surface area contributed by atoms with Gasteiger partial charge in [0, 0.05) is 11.8 Å². The molecule has 1 saturated heterocycles. The highest BCUT2D eigenvalue weighted by atomic mass is 16.6. The molecule has 16 heavy (non-hydrogen) atoms. The molecule has 2 saturated carbocycles. The van der Waals surface area contributed by atoms with Gasteiger partial charge in [-0.2, -0.15) is 0 Å². The molecule has 2 heteroatoms. The second kappa shape index (κ2) is 2.83. The third-order valence-corrected chi connectivity index (χ3v) is 5.87. The SMILES string of the molecule is CC1(C)CCCC2(C)CCC(=O)OC3CC312. The van der Waals surface area contributed by atoms with E-state index in [1.807, 2.05) is 0 Å². The van der Waals surface area contributed by atoms with Crippen molar-refractivity contribution in [2.24, 2.45) is 16.2 Å². The van der Waals surface area contributed by atoms with Crippen LogP contribution in [0.15, 0.2) is 0 Å². The predicted octanol–water partition coefficient (Wildman–Crippen LogP) is 3.30. The highest BCUT2D eigenvalue weighted by Gasteiger charge is 2.74. The zero-order valence-electron chi connectivity index (χ0n) is 10.6. The molecular weight excluding hydrogens is 200 g/mol. The topological polar surface area (TPSA) is 26.3 Å². The van der Waals surface area contributed by atoms with Crippen LogP contribution in [0, 0.1) is 16.2 Å². The number of ether oxygens (including phenoxy) is 1. The quantitative estimate of drug-likeness (QED) is 0.588. The zero-order valence-corrected chi connectivity index (χ0v) is 10.6. The van der Waals surface area contributed by atoms with E-state index in [1.165, 1.54) is 19.3 Å². The maximum Gasteiger partial charge on any atom is 0.306 e. The average Bonchev–Trinajstić information content (AvgIpc) is 2.89. The fraction of sp³-hybridized carbons (Fsp3) is 0.929. The van der Waals surface area contributed by atoms with Crippen molar-refractivity contribution in [1.29, 1.82) is 0 Å². The molecule has 2 aliphatic carbocycles. The van der Waals surface area contributed by atoms with Crippen LogP contribution in [0.25, 0.3) is 0 Å². The minimum Gasteiger partial charge on any atom is -0.462 e. The van der Waals surface area contributed by atoms with Gasteiger partial charge in [0.05, 0.1) is 0 Å². The van der Waals surface area contributed by atoms with E-state index in [-0.39, 0.29) is 12.1 Å². The lowest BCUT2D eigenvalue weighted by Gasteiger charge is -2.51. The molecule has 3 fully saturated rings. The van der Waals surface area contributed by atoms with E-state index in [2.05, 4.69) is 20.8 Å².